The lowest BCUT2D eigenvalue weighted by Crippen LogP contribution is -2.59. The summed E-state index contributed by atoms with van der Waals surface area (Å²) in [6.45, 7) is 17.8. The van der Waals surface area contributed by atoms with Crippen molar-refractivity contribution < 1.29 is 24.5 Å². The summed E-state index contributed by atoms with van der Waals surface area (Å²) in [5.74, 6) is 1.96. The average molecular weight is 558 g/mol. The topological polar surface area (TPSA) is 79.2 Å². The highest BCUT2D eigenvalue weighted by Crippen LogP contribution is 2.89. The first kappa shape index (κ1) is 28.0. The molecule has 2 saturated heterocycles. The van der Waals surface area contributed by atoms with Gasteiger partial charge in [0.15, 0.2) is 0 Å². The number of carbonyl (C=O) groups excluding carboxylic acids is 1. The molecule has 40 heavy (non-hydrogen) atoms. The number of likely N-dealkylation sites (tertiary alicyclic amines) is 1. The fourth-order valence-electron chi connectivity index (χ4n) is 12.9. The minimum absolute atomic E-state index is 0.0269. The molecule has 7 fully saturated rings. The van der Waals surface area contributed by atoms with Crippen LogP contribution in [0.3, 0.4) is 0 Å². The Morgan fingerprint density at radius 1 is 0.975 bits per heavy atom. The summed E-state index contributed by atoms with van der Waals surface area (Å²) in [7, 11) is 0. The molecule has 1 amide bonds. The van der Waals surface area contributed by atoms with Crippen molar-refractivity contribution >= 4 is 6.09 Å². The van der Waals surface area contributed by atoms with E-state index in [9.17, 15) is 15.0 Å². The van der Waals surface area contributed by atoms with Gasteiger partial charge in [0.25, 0.3) is 0 Å². The van der Waals surface area contributed by atoms with E-state index in [-0.39, 0.29) is 52.7 Å². The summed E-state index contributed by atoms with van der Waals surface area (Å²) in [4.78, 5) is 14.6. The van der Waals surface area contributed by atoms with Gasteiger partial charge in [-0.05, 0) is 109 Å². The first-order valence-corrected chi connectivity index (χ1v) is 16.7. The number of ether oxygens (including phenoxy) is 2. The van der Waals surface area contributed by atoms with Gasteiger partial charge in [0.2, 0.25) is 0 Å². The van der Waals surface area contributed by atoms with E-state index in [4.69, 9.17) is 9.47 Å². The van der Waals surface area contributed by atoms with Crippen molar-refractivity contribution in [3.63, 3.8) is 0 Å². The molecule has 5 saturated carbocycles. The van der Waals surface area contributed by atoms with Crippen molar-refractivity contribution in [2.45, 2.75) is 137 Å². The van der Waals surface area contributed by atoms with Crippen LogP contribution >= 0.6 is 0 Å². The predicted octanol–water partition coefficient (Wildman–Crippen LogP) is 6.03. The SMILES string of the molecule is CC(C)[C@@H](OC(=O)N1CCC1)[C@H]1C[C@@H](C)[C@H]2[C@H](O1)[C@H](O)[C@@]1(C)[C@@H]3CC[C@H]4C(C)(C)C(O)CC[C@@]45C[C@@]35CC[C@]21C. The van der Waals surface area contributed by atoms with Gasteiger partial charge in [-0.2, -0.15) is 0 Å². The molecule has 6 nitrogen and oxygen atoms in total. The van der Waals surface area contributed by atoms with E-state index in [1.165, 1.54) is 19.3 Å². The van der Waals surface area contributed by atoms with Gasteiger partial charge in [0.05, 0.1) is 24.4 Å². The van der Waals surface area contributed by atoms with Gasteiger partial charge in [-0.1, -0.05) is 48.5 Å². The Labute approximate surface area is 241 Å². The van der Waals surface area contributed by atoms with E-state index in [2.05, 4.69) is 48.5 Å². The van der Waals surface area contributed by atoms with E-state index in [1.807, 2.05) is 0 Å². The number of amides is 1. The van der Waals surface area contributed by atoms with Crippen LogP contribution in [-0.4, -0.2) is 64.8 Å². The number of carbonyl (C=O) groups is 1. The molecular formula is C34H55NO5. The molecule has 2 spiro atoms. The van der Waals surface area contributed by atoms with Crippen LogP contribution in [0, 0.1) is 56.7 Å². The monoisotopic (exact) mass is 557 g/mol. The number of hydrogen-bond acceptors (Lipinski definition) is 5. The molecule has 0 radical (unpaired) electrons. The number of fused-ring (bicyclic) bond motifs is 4. The standard InChI is InChI=1S/C34H55NO5/c1-19(2)26(40-29(38)35-15-8-16-35)21-17-20(3)25-27(39-21)28(37)32(7)23-10-9-22-30(4,5)24(36)11-12-33(22)18-34(23,33)14-13-31(25,32)6/h19-28,36-37H,8-18H2,1-7H3/t20-,21-,22+,23+,24?,25+,26-,27+,28+,31-,32-,33-,34+/m1/s1. The zero-order valence-corrected chi connectivity index (χ0v) is 26.1. The number of nitrogens with zero attached hydrogens (tertiary/aromatic N) is 1. The second-order valence-corrected chi connectivity index (χ2v) is 17.0. The molecule has 2 heterocycles. The fraction of sp³-hybridized carbons (Fsp3) is 0.971. The first-order valence-electron chi connectivity index (χ1n) is 16.7. The maximum Gasteiger partial charge on any atom is 0.410 e. The zero-order valence-electron chi connectivity index (χ0n) is 26.1. The Hall–Kier alpha value is -0.850. The number of aliphatic hydroxyl groups is 2. The number of rotatable bonds is 3. The highest BCUT2D eigenvalue weighted by atomic mass is 16.6. The van der Waals surface area contributed by atoms with Gasteiger partial charge in [0, 0.05) is 18.5 Å². The van der Waals surface area contributed by atoms with Crippen LogP contribution in [0.4, 0.5) is 4.79 Å². The normalized spacial score (nSPS) is 54.7. The summed E-state index contributed by atoms with van der Waals surface area (Å²) < 4.78 is 13.1. The maximum atomic E-state index is 12.8. The Bertz CT molecular complexity index is 1060. The molecule has 226 valence electrons. The van der Waals surface area contributed by atoms with Crippen LogP contribution in [0.5, 0.6) is 0 Å². The third kappa shape index (κ3) is 3.20. The summed E-state index contributed by atoms with van der Waals surface area (Å²) in [5, 5.41) is 23.4. The lowest BCUT2D eigenvalue weighted by molar-refractivity contribution is -0.185. The van der Waals surface area contributed by atoms with Gasteiger partial charge in [-0.25, -0.2) is 4.79 Å². The Kier molecular flexibility index (Phi) is 6.02. The van der Waals surface area contributed by atoms with Crippen molar-refractivity contribution in [3.8, 4) is 0 Å². The van der Waals surface area contributed by atoms with Crippen LogP contribution in [0.1, 0.15) is 106 Å². The van der Waals surface area contributed by atoms with Crippen LogP contribution in [0.15, 0.2) is 0 Å². The lowest BCUT2D eigenvalue weighted by Gasteiger charge is -2.63. The summed E-state index contributed by atoms with van der Waals surface area (Å²) >= 11 is 0. The molecule has 6 heteroatoms. The molecule has 7 aliphatic rings. The van der Waals surface area contributed by atoms with Gasteiger partial charge in [-0.15, -0.1) is 0 Å². The van der Waals surface area contributed by atoms with Gasteiger partial charge >= 0.3 is 6.09 Å². The molecule has 1 unspecified atom stereocenters. The smallest absolute Gasteiger partial charge is 0.410 e. The number of aliphatic hydroxyl groups excluding tert-OH is 2. The minimum atomic E-state index is -0.509. The van der Waals surface area contributed by atoms with E-state index < -0.39 is 6.10 Å². The minimum Gasteiger partial charge on any atom is -0.443 e. The Morgan fingerprint density at radius 2 is 1.65 bits per heavy atom. The van der Waals surface area contributed by atoms with Crippen molar-refractivity contribution in [1.82, 2.24) is 4.90 Å². The third-order valence-electron chi connectivity index (χ3n) is 15.2. The Balaban J connectivity index is 1.18. The molecule has 0 aromatic carbocycles. The molecule has 0 aromatic rings. The van der Waals surface area contributed by atoms with E-state index >= 15 is 0 Å². The summed E-state index contributed by atoms with van der Waals surface area (Å²) in [6, 6.07) is 0. The molecular weight excluding hydrogens is 502 g/mol. The summed E-state index contributed by atoms with van der Waals surface area (Å²) in [5.41, 5.74) is 0.464. The van der Waals surface area contributed by atoms with Crippen LogP contribution in [0.2, 0.25) is 0 Å². The van der Waals surface area contributed by atoms with Gasteiger partial charge in [-0.3, -0.25) is 0 Å². The van der Waals surface area contributed by atoms with Crippen molar-refractivity contribution in [1.29, 1.82) is 0 Å². The lowest BCUT2D eigenvalue weighted by atomic mass is 9.41. The zero-order chi connectivity index (χ0) is 28.6. The van der Waals surface area contributed by atoms with Gasteiger partial charge < -0.3 is 24.6 Å². The third-order valence-corrected chi connectivity index (χ3v) is 15.2. The van der Waals surface area contributed by atoms with Crippen LogP contribution in [-0.2, 0) is 9.47 Å². The Morgan fingerprint density at radius 3 is 2.30 bits per heavy atom. The van der Waals surface area contributed by atoms with Crippen LogP contribution in [0.25, 0.3) is 0 Å². The predicted molar refractivity (Wildman–Crippen MR) is 153 cm³/mol. The summed E-state index contributed by atoms with van der Waals surface area (Å²) in [6.07, 6.45) is 8.46. The average Bonchev–Trinajstić information content (AvgIpc) is 3.48. The molecule has 5 aliphatic carbocycles. The second kappa shape index (κ2) is 8.62. The molecule has 0 aromatic heterocycles. The van der Waals surface area contributed by atoms with Gasteiger partial charge in [0.1, 0.15) is 6.10 Å². The van der Waals surface area contributed by atoms with E-state index in [0.717, 1.165) is 51.6 Å². The molecule has 7 rings (SSSR count). The van der Waals surface area contributed by atoms with E-state index in [0.29, 0.717) is 34.5 Å². The van der Waals surface area contributed by atoms with Crippen molar-refractivity contribution in [3.05, 3.63) is 0 Å². The van der Waals surface area contributed by atoms with Crippen molar-refractivity contribution in [2.75, 3.05) is 13.1 Å². The maximum absolute atomic E-state index is 12.8. The fourth-order valence-corrected chi connectivity index (χ4v) is 12.9. The first-order chi connectivity index (χ1) is 18.7. The molecule has 13 atom stereocenters. The van der Waals surface area contributed by atoms with Crippen molar-refractivity contribution in [2.24, 2.45) is 56.7 Å². The quantitative estimate of drug-likeness (QED) is 0.443. The van der Waals surface area contributed by atoms with E-state index in [1.54, 1.807) is 4.90 Å². The molecule has 2 aliphatic heterocycles. The van der Waals surface area contributed by atoms with Crippen LogP contribution < -0.4 is 0 Å². The second-order valence-electron chi connectivity index (χ2n) is 17.0. The highest BCUT2D eigenvalue weighted by Gasteiger charge is 2.84. The largest absolute Gasteiger partial charge is 0.443 e. The number of hydrogen-bond donors (Lipinski definition) is 2. The highest BCUT2D eigenvalue weighted by molar-refractivity contribution is 5.68. The molecule has 0 bridgehead atoms. The molecule has 2 N–H and O–H groups in total.